The predicted octanol–water partition coefficient (Wildman–Crippen LogP) is 3.13. The van der Waals surface area contributed by atoms with Crippen LogP contribution in [0.3, 0.4) is 0 Å². The van der Waals surface area contributed by atoms with Crippen LogP contribution in [0, 0.1) is 6.92 Å². The molecule has 1 fully saturated rings. The number of rotatable bonds is 4. The summed E-state index contributed by atoms with van der Waals surface area (Å²) in [5, 5.41) is 4.40. The number of sulfonamides is 1. The quantitative estimate of drug-likeness (QED) is 0.864. The molecule has 124 valence electrons. The topological polar surface area (TPSA) is 55.2 Å². The Labute approximate surface area is 138 Å². The zero-order chi connectivity index (χ0) is 16.4. The minimum absolute atomic E-state index is 0.105. The van der Waals surface area contributed by atoms with Crippen molar-refractivity contribution in [2.24, 2.45) is 0 Å². The second-order valence-corrected chi connectivity index (χ2v) is 7.89. The van der Waals surface area contributed by atoms with Crippen molar-refractivity contribution in [3.63, 3.8) is 0 Å². The van der Waals surface area contributed by atoms with Crippen LogP contribution >= 0.6 is 0 Å². The number of aromatic nitrogens is 2. The molecule has 1 aromatic carbocycles. The van der Waals surface area contributed by atoms with Crippen molar-refractivity contribution in [1.82, 2.24) is 14.1 Å². The van der Waals surface area contributed by atoms with Gasteiger partial charge < -0.3 is 0 Å². The van der Waals surface area contributed by atoms with Crippen molar-refractivity contribution in [1.29, 1.82) is 0 Å². The van der Waals surface area contributed by atoms with Crippen molar-refractivity contribution >= 4 is 10.0 Å². The van der Waals surface area contributed by atoms with Crippen LogP contribution in [0.25, 0.3) is 5.69 Å². The molecule has 1 aromatic heterocycles. The molecule has 0 spiro atoms. The molecule has 1 aliphatic rings. The predicted molar refractivity (Wildman–Crippen MR) is 90.1 cm³/mol. The van der Waals surface area contributed by atoms with Gasteiger partial charge in [0.25, 0.3) is 0 Å². The van der Waals surface area contributed by atoms with Crippen LogP contribution in [-0.4, -0.2) is 35.1 Å². The molecule has 1 unspecified atom stereocenters. The van der Waals surface area contributed by atoms with E-state index in [0.29, 0.717) is 17.1 Å². The first kappa shape index (κ1) is 16.2. The first-order chi connectivity index (χ1) is 11.0. The smallest absolute Gasteiger partial charge is 0.239 e. The fourth-order valence-corrected chi connectivity index (χ4v) is 5.15. The molecule has 0 saturated carbocycles. The van der Waals surface area contributed by atoms with Gasteiger partial charge in [-0.3, -0.25) is 0 Å². The van der Waals surface area contributed by atoms with Gasteiger partial charge in [-0.05, 0) is 38.3 Å². The van der Waals surface area contributed by atoms with E-state index in [2.05, 4.69) is 12.0 Å². The summed E-state index contributed by atoms with van der Waals surface area (Å²) in [4.78, 5) is 0.321. The van der Waals surface area contributed by atoms with Gasteiger partial charge in [-0.15, -0.1) is 0 Å². The summed E-state index contributed by atoms with van der Waals surface area (Å²) in [5.74, 6) is 0. The van der Waals surface area contributed by atoms with Gasteiger partial charge in [0.2, 0.25) is 10.0 Å². The second-order valence-electron chi connectivity index (χ2n) is 6.03. The van der Waals surface area contributed by atoms with E-state index in [1.165, 1.54) is 0 Å². The monoisotopic (exact) mass is 333 g/mol. The number of hydrogen-bond acceptors (Lipinski definition) is 3. The summed E-state index contributed by atoms with van der Waals surface area (Å²) in [6.07, 6.45) is 5.47. The highest BCUT2D eigenvalue weighted by Crippen LogP contribution is 2.28. The summed E-state index contributed by atoms with van der Waals surface area (Å²) in [6.45, 7) is 4.42. The van der Waals surface area contributed by atoms with Crippen LogP contribution in [0.5, 0.6) is 0 Å². The summed E-state index contributed by atoms with van der Waals surface area (Å²) in [6, 6.07) is 9.69. The van der Waals surface area contributed by atoms with Crippen LogP contribution in [0.2, 0.25) is 0 Å². The molecule has 2 aromatic rings. The molecule has 5 nitrogen and oxygen atoms in total. The van der Waals surface area contributed by atoms with E-state index in [1.807, 2.05) is 30.3 Å². The third kappa shape index (κ3) is 3.05. The van der Waals surface area contributed by atoms with Crippen molar-refractivity contribution in [2.45, 2.75) is 50.5 Å². The number of benzene rings is 1. The first-order valence-corrected chi connectivity index (χ1v) is 9.61. The SMILES string of the molecule is CCC1CCCCN1S(=O)(=O)c1cn(-c2ccccc2)nc1C. The van der Waals surface area contributed by atoms with Gasteiger partial charge in [0.05, 0.1) is 17.6 Å². The minimum atomic E-state index is -3.49. The third-order valence-corrected chi connectivity index (χ3v) is 6.56. The number of aryl methyl sites for hydroxylation is 1. The Kier molecular flexibility index (Phi) is 4.55. The zero-order valence-electron chi connectivity index (χ0n) is 13.6. The molecule has 0 radical (unpaired) electrons. The Morgan fingerprint density at radius 2 is 1.96 bits per heavy atom. The number of piperidine rings is 1. The molecule has 1 aliphatic heterocycles. The number of para-hydroxylation sites is 1. The van der Waals surface area contributed by atoms with E-state index in [9.17, 15) is 8.42 Å². The molecular formula is C17H23N3O2S. The van der Waals surface area contributed by atoms with E-state index in [-0.39, 0.29) is 6.04 Å². The van der Waals surface area contributed by atoms with Gasteiger partial charge in [-0.25, -0.2) is 13.1 Å². The normalized spacial score (nSPS) is 19.8. The maximum Gasteiger partial charge on any atom is 0.246 e. The first-order valence-electron chi connectivity index (χ1n) is 8.17. The van der Waals surface area contributed by atoms with Crippen molar-refractivity contribution in [2.75, 3.05) is 6.54 Å². The van der Waals surface area contributed by atoms with E-state index >= 15 is 0 Å². The van der Waals surface area contributed by atoms with Crippen LogP contribution < -0.4 is 0 Å². The van der Waals surface area contributed by atoms with E-state index in [1.54, 1.807) is 22.1 Å². The number of nitrogens with zero attached hydrogens (tertiary/aromatic N) is 3. The molecule has 0 N–H and O–H groups in total. The van der Waals surface area contributed by atoms with Gasteiger partial charge in [-0.2, -0.15) is 9.40 Å². The number of hydrogen-bond donors (Lipinski definition) is 0. The molecule has 3 rings (SSSR count). The Bertz CT molecular complexity index is 768. The average molecular weight is 333 g/mol. The Morgan fingerprint density at radius 1 is 1.22 bits per heavy atom. The zero-order valence-corrected chi connectivity index (χ0v) is 14.5. The Balaban J connectivity index is 1.99. The lowest BCUT2D eigenvalue weighted by Crippen LogP contribution is -2.43. The van der Waals surface area contributed by atoms with Crippen LogP contribution in [0.4, 0.5) is 0 Å². The molecule has 6 heteroatoms. The van der Waals surface area contributed by atoms with E-state index in [4.69, 9.17) is 0 Å². The second kappa shape index (κ2) is 6.45. The van der Waals surface area contributed by atoms with Gasteiger partial charge in [-0.1, -0.05) is 31.5 Å². The fraction of sp³-hybridized carbons (Fsp3) is 0.471. The summed E-state index contributed by atoms with van der Waals surface area (Å²) < 4.78 is 29.5. The van der Waals surface area contributed by atoms with E-state index in [0.717, 1.165) is 31.4 Å². The van der Waals surface area contributed by atoms with E-state index < -0.39 is 10.0 Å². The average Bonchev–Trinajstić information content (AvgIpc) is 2.98. The lowest BCUT2D eigenvalue weighted by Gasteiger charge is -2.33. The van der Waals surface area contributed by atoms with Crippen LogP contribution in [0.15, 0.2) is 41.4 Å². The fourth-order valence-electron chi connectivity index (χ4n) is 3.24. The third-order valence-electron chi connectivity index (χ3n) is 4.51. The maximum atomic E-state index is 13.1. The largest absolute Gasteiger partial charge is 0.246 e. The molecule has 0 bridgehead atoms. The standard InChI is InChI=1S/C17H23N3O2S/c1-3-15-9-7-8-12-20(15)23(21,22)17-13-19(18-14(17)2)16-10-5-4-6-11-16/h4-6,10-11,13,15H,3,7-9,12H2,1-2H3. The van der Waals surface area contributed by atoms with Gasteiger partial charge in [0.1, 0.15) is 4.90 Å². The minimum Gasteiger partial charge on any atom is -0.239 e. The Morgan fingerprint density at radius 3 is 2.65 bits per heavy atom. The van der Waals surface area contributed by atoms with Crippen LogP contribution in [-0.2, 0) is 10.0 Å². The molecule has 0 aliphatic carbocycles. The Hall–Kier alpha value is -1.66. The highest BCUT2D eigenvalue weighted by molar-refractivity contribution is 7.89. The van der Waals surface area contributed by atoms with Gasteiger partial charge in [0, 0.05) is 12.6 Å². The summed E-state index contributed by atoms with van der Waals surface area (Å²) >= 11 is 0. The lowest BCUT2D eigenvalue weighted by molar-refractivity contribution is 0.246. The van der Waals surface area contributed by atoms with Crippen molar-refractivity contribution < 1.29 is 8.42 Å². The van der Waals surface area contributed by atoms with Gasteiger partial charge >= 0.3 is 0 Å². The summed E-state index contributed by atoms with van der Waals surface area (Å²) in [5.41, 5.74) is 1.41. The highest BCUT2D eigenvalue weighted by atomic mass is 32.2. The highest BCUT2D eigenvalue weighted by Gasteiger charge is 2.34. The van der Waals surface area contributed by atoms with Crippen molar-refractivity contribution in [3.8, 4) is 5.69 Å². The van der Waals surface area contributed by atoms with Gasteiger partial charge in [0.15, 0.2) is 0 Å². The molecule has 2 heterocycles. The molecule has 0 amide bonds. The van der Waals surface area contributed by atoms with Crippen molar-refractivity contribution in [3.05, 3.63) is 42.2 Å². The lowest BCUT2D eigenvalue weighted by atomic mass is 10.0. The summed E-state index contributed by atoms with van der Waals surface area (Å²) in [7, 11) is -3.49. The molecule has 1 atom stereocenters. The molecular weight excluding hydrogens is 310 g/mol. The molecule has 23 heavy (non-hydrogen) atoms. The maximum absolute atomic E-state index is 13.1. The molecule has 1 saturated heterocycles. The van der Waals surface area contributed by atoms with Crippen LogP contribution in [0.1, 0.15) is 38.3 Å².